The fourth-order valence-electron chi connectivity index (χ4n) is 7.82. The molecule has 1 aliphatic carbocycles. The molecule has 0 aromatic rings. The van der Waals surface area contributed by atoms with Gasteiger partial charge >= 0.3 is 5.97 Å². The summed E-state index contributed by atoms with van der Waals surface area (Å²) in [6.45, 7) is 14.5. The number of methoxy groups -OCH3 is 1. The van der Waals surface area contributed by atoms with Crippen molar-refractivity contribution in [2.75, 3.05) is 7.11 Å². The monoisotopic (exact) mass is 608 g/mol. The summed E-state index contributed by atoms with van der Waals surface area (Å²) in [4.78, 5) is 27.8. The summed E-state index contributed by atoms with van der Waals surface area (Å²) in [7, 11) is 1.42. The number of hydrogen-bond acceptors (Lipinski definition) is 8. The zero-order valence-electron chi connectivity index (χ0n) is 27.7. The number of rotatable bonds is 7. The number of carbonyl (C=O) groups is 1. The molecular formula is C37H44N4O4. The summed E-state index contributed by atoms with van der Waals surface area (Å²) in [5, 5.41) is 26.1. The van der Waals surface area contributed by atoms with E-state index in [1.54, 1.807) is 6.92 Å². The van der Waals surface area contributed by atoms with Crippen molar-refractivity contribution in [1.82, 2.24) is 5.32 Å². The largest absolute Gasteiger partial charge is 0.511 e. The van der Waals surface area contributed by atoms with E-state index in [-0.39, 0.29) is 24.2 Å². The molecule has 8 heteroatoms. The van der Waals surface area contributed by atoms with Crippen molar-refractivity contribution >= 4 is 23.1 Å². The number of carbonyl (C=O) groups excluding carboxylic acids is 1. The maximum absolute atomic E-state index is 12.3. The third-order valence-electron chi connectivity index (χ3n) is 10.1. The maximum Gasteiger partial charge on any atom is 0.305 e. The number of hydrogen-bond donors (Lipinski definition) is 3. The van der Waals surface area contributed by atoms with E-state index in [1.807, 2.05) is 13.0 Å². The second kappa shape index (κ2) is 11.7. The van der Waals surface area contributed by atoms with E-state index in [2.05, 4.69) is 46.0 Å². The molecule has 0 aromatic heterocycles. The van der Waals surface area contributed by atoms with Gasteiger partial charge in [0.1, 0.15) is 5.76 Å². The fraction of sp³-hybridized carbons (Fsp3) is 0.459. The van der Waals surface area contributed by atoms with Gasteiger partial charge in [-0.2, -0.15) is 0 Å². The summed E-state index contributed by atoms with van der Waals surface area (Å²) in [5.74, 6) is 0.124. The predicted octanol–water partition coefficient (Wildman–Crippen LogP) is 7.16. The smallest absolute Gasteiger partial charge is 0.305 e. The molecule has 6 aliphatic rings. The summed E-state index contributed by atoms with van der Waals surface area (Å²) >= 11 is 0. The summed E-state index contributed by atoms with van der Waals surface area (Å²) < 4.78 is 5.01. The van der Waals surface area contributed by atoms with Gasteiger partial charge in [-0.3, -0.25) is 4.79 Å². The van der Waals surface area contributed by atoms with Crippen LogP contribution in [0.5, 0.6) is 0 Å². The quantitative estimate of drug-likeness (QED) is 0.265. The van der Waals surface area contributed by atoms with Crippen LogP contribution in [0.2, 0.25) is 0 Å². The van der Waals surface area contributed by atoms with Crippen molar-refractivity contribution in [3.63, 3.8) is 0 Å². The van der Waals surface area contributed by atoms with Gasteiger partial charge in [-0.05, 0) is 87.0 Å². The molecule has 1 saturated heterocycles. The minimum atomic E-state index is -0.706. The van der Waals surface area contributed by atoms with Gasteiger partial charge in [-0.15, -0.1) is 0 Å². The zero-order chi connectivity index (χ0) is 32.3. The van der Waals surface area contributed by atoms with Crippen molar-refractivity contribution in [3.8, 4) is 0 Å². The van der Waals surface area contributed by atoms with Crippen LogP contribution < -0.4 is 5.32 Å². The molecule has 3 N–H and O–H groups in total. The highest BCUT2D eigenvalue weighted by Gasteiger charge is 2.42. The molecule has 8 nitrogen and oxygen atoms in total. The Labute approximate surface area is 265 Å². The van der Waals surface area contributed by atoms with E-state index in [9.17, 15) is 15.0 Å². The third kappa shape index (κ3) is 4.94. The van der Waals surface area contributed by atoms with Crippen LogP contribution in [0.15, 0.2) is 106 Å². The Morgan fingerprint density at radius 2 is 1.78 bits per heavy atom. The number of nitrogens with one attached hydrogen (secondary N) is 1. The van der Waals surface area contributed by atoms with E-state index in [1.165, 1.54) is 12.7 Å². The Morgan fingerprint density at radius 1 is 1.02 bits per heavy atom. The molecule has 236 valence electrons. The van der Waals surface area contributed by atoms with Crippen LogP contribution in [0.3, 0.4) is 0 Å². The molecule has 1 fully saturated rings. The number of aliphatic hydroxyl groups excluding tert-OH is 2. The molecule has 0 saturated carbocycles. The van der Waals surface area contributed by atoms with E-state index >= 15 is 0 Å². The minimum absolute atomic E-state index is 0.0112. The Bertz CT molecular complexity index is 1760. The van der Waals surface area contributed by atoms with Crippen LogP contribution in [0.1, 0.15) is 87.0 Å². The van der Waals surface area contributed by atoms with Crippen LogP contribution in [0.25, 0.3) is 0 Å². The highest BCUT2D eigenvalue weighted by molar-refractivity contribution is 6.21. The average molecular weight is 609 g/mol. The lowest BCUT2D eigenvalue weighted by Crippen LogP contribution is -2.16. The second-order valence-electron chi connectivity index (χ2n) is 12.8. The van der Waals surface area contributed by atoms with E-state index in [4.69, 9.17) is 19.7 Å². The SMILES string of the molecule is CCCC1=C(C)C2=NC1=CC1=C(CC)C3=C(O)CC(=C4NC(=C(C)C5=NC(=C2)C([C@H](C)O)=C5C)[C@@H](C)[C@@H]4CCC(=O)OC)C3=N1. The van der Waals surface area contributed by atoms with Gasteiger partial charge in [0.15, 0.2) is 0 Å². The molecule has 0 spiro atoms. The number of aliphatic hydroxyl groups is 2. The van der Waals surface area contributed by atoms with Gasteiger partial charge in [0.2, 0.25) is 0 Å². The third-order valence-corrected chi connectivity index (χ3v) is 10.1. The summed E-state index contributed by atoms with van der Waals surface area (Å²) in [6.07, 6.45) is 7.23. The Balaban J connectivity index is 1.64. The lowest BCUT2D eigenvalue weighted by molar-refractivity contribution is -0.140. The van der Waals surface area contributed by atoms with Gasteiger partial charge in [0.05, 0.1) is 47.4 Å². The lowest BCUT2D eigenvalue weighted by Gasteiger charge is -2.17. The molecular weight excluding hydrogens is 564 g/mol. The van der Waals surface area contributed by atoms with Crippen molar-refractivity contribution < 1.29 is 19.7 Å². The van der Waals surface area contributed by atoms with Gasteiger partial charge in [-0.1, -0.05) is 27.2 Å². The van der Waals surface area contributed by atoms with Crippen LogP contribution in [-0.4, -0.2) is 46.5 Å². The molecule has 0 unspecified atom stereocenters. The summed E-state index contributed by atoms with van der Waals surface area (Å²) in [5.41, 5.74) is 14.8. The zero-order valence-corrected chi connectivity index (χ0v) is 27.7. The van der Waals surface area contributed by atoms with Gasteiger partial charge in [-0.25, -0.2) is 15.0 Å². The number of esters is 1. The first kappa shape index (κ1) is 31.0. The number of fused-ring (bicyclic) bond motifs is 5. The molecule has 45 heavy (non-hydrogen) atoms. The number of ether oxygens (including phenoxy) is 1. The maximum atomic E-state index is 12.3. The minimum Gasteiger partial charge on any atom is -0.511 e. The molecule has 3 atom stereocenters. The first-order valence-corrected chi connectivity index (χ1v) is 16.2. The van der Waals surface area contributed by atoms with E-state index in [0.29, 0.717) is 18.6 Å². The molecule has 5 heterocycles. The number of allylic oxidation sites excluding steroid dienone is 11. The molecule has 0 amide bonds. The van der Waals surface area contributed by atoms with E-state index in [0.717, 1.165) is 104 Å². The standard InChI is InChI=1S/C37H44N4O4/c1-9-11-23-17(3)26-15-29-32(21(7)42)19(5)35(40-29)20(6)34-18(4)24(12-13-31(44)45-8)36(41-34)25-14-30(43)33-22(10-2)27(39-37(25)33)16-28(23)38-26/h15-16,18,21,24,41-43H,9-14H2,1-8H3/t18-,21-,24-/m0/s1. The van der Waals surface area contributed by atoms with Gasteiger partial charge in [0, 0.05) is 52.8 Å². The fourth-order valence-corrected chi connectivity index (χ4v) is 7.82. The highest BCUT2D eigenvalue weighted by Crippen LogP contribution is 2.48. The average Bonchev–Trinajstić information content (AvgIpc) is 3.77. The Kier molecular flexibility index (Phi) is 8.06. The first-order chi connectivity index (χ1) is 21.5. The Morgan fingerprint density at radius 3 is 2.44 bits per heavy atom. The van der Waals surface area contributed by atoms with Crippen LogP contribution in [0, 0.1) is 11.8 Å². The van der Waals surface area contributed by atoms with Crippen molar-refractivity contribution in [2.45, 2.75) is 93.1 Å². The number of aliphatic imine (C=N–C) groups is 3. The predicted molar refractivity (Wildman–Crippen MR) is 179 cm³/mol. The number of nitrogens with zero attached hydrogens (tertiary/aromatic N) is 3. The van der Waals surface area contributed by atoms with Crippen molar-refractivity contribution in [2.24, 2.45) is 26.8 Å². The molecule has 8 bridgehead atoms. The molecule has 6 rings (SSSR count). The van der Waals surface area contributed by atoms with Gasteiger partial charge < -0.3 is 20.3 Å². The molecule has 0 aromatic carbocycles. The lowest BCUT2D eigenvalue weighted by atomic mass is 9.85. The Hall–Kier alpha value is -4.04. The normalized spacial score (nSPS) is 24.9. The van der Waals surface area contributed by atoms with Crippen molar-refractivity contribution in [3.05, 3.63) is 91.0 Å². The van der Waals surface area contributed by atoms with Crippen LogP contribution >= 0.6 is 0 Å². The topological polar surface area (TPSA) is 116 Å². The summed E-state index contributed by atoms with van der Waals surface area (Å²) in [6, 6.07) is 0. The van der Waals surface area contributed by atoms with Crippen molar-refractivity contribution in [1.29, 1.82) is 0 Å². The van der Waals surface area contributed by atoms with Crippen LogP contribution in [0.4, 0.5) is 0 Å². The first-order valence-electron chi connectivity index (χ1n) is 16.2. The van der Waals surface area contributed by atoms with Gasteiger partial charge in [0.25, 0.3) is 0 Å². The second-order valence-corrected chi connectivity index (χ2v) is 12.8. The van der Waals surface area contributed by atoms with E-state index < -0.39 is 6.10 Å². The molecule has 0 radical (unpaired) electrons. The highest BCUT2D eigenvalue weighted by atomic mass is 16.5. The van der Waals surface area contributed by atoms with Crippen LogP contribution in [-0.2, 0) is 9.53 Å². The molecule has 5 aliphatic heterocycles.